The van der Waals surface area contributed by atoms with Crippen molar-refractivity contribution >= 4 is 11.9 Å². The first-order chi connectivity index (χ1) is 8.75. The van der Waals surface area contributed by atoms with Crippen LogP contribution in [-0.4, -0.2) is 29.2 Å². The van der Waals surface area contributed by atoms with Crippen molar-refractivity contribution in [3.05, 3.63) is 0 Å². The number of carboxylic acid groups (broad SMARTS) is 1. The molecule has 0 bridgehead atoms. The van der Waals surface area contributed by atoms with Crippen LogP contribution >= 0.6 is 0 Å². The summed E-state index contributed by atoms with van der Waals surface area (Å²) in [7, 11) is 0. The first-order valence-electron chi connectivity index (χ1n) is 6.35. The molecule has 3 atom stereocenters. The Bertz CT molecular complexity index is 344. The number of nitrogens with one attached hydrogen (secondary N) is 1. The van der Waals surface area contributed by atoms with E-state index < -0.39 is 35.9 Å². The molecule has 19 heavy (non-hydrogen) atoms. The van der Waals surface area contributed by atoms with Gasteiger partial charge in [0, 0.05) is 5.92 Å². The highest BCUT2D eigenvalue weighted by molar-refractivity contribution is 5.84. The predicted molar refractivity (Wildman–Crippen MR) is 61.4 cm³/mol. The number of carboxylic acids is 1. The fourth-order valence-corrected chi connectivity index (χ4v) is 2.35. The third-order valence-electron chi connectivity index (χ3n) is 3.53. The summed E-state index contributed by atoms with van der Waals surface area (Å²) in [5, 5.41) is 11.1. The van der Waals surface area contributed by atoms with Gasteiger partial charge in [-0.2, -0.15) is 13.2 Å². The van der Waals surface area contributed by atoms with Gasteiger partial charge in [0.15, 0.2) is 0 Å². The van der Waals surface area contributed by atoms with Gasteiger partial charge in [-0.1, -0.05) is 13.3 Å². The molecule has 1 rings (SSSR count). The highest BCUT2D eigenvalue weighted by Gasteiger charge is 2.43. The Balaban J connectivity index is 2.60. The maximum absolute atomic E-state index is 12.6. The summed E-state index contributed by atoms with van der Waals surface area (Å²) in [6.45, 7) is 1.60. The van der Waals surface area contributed by atoms with Crippen LogP contribution in [0.2, 0.25) is 0 Å². The molecule has 4 nitrogen and oxygen atoms in total. The zero-order valence-electron chi connectivity index (χ0n) is 10.7. The van der Waals surface area contributed by atoms with E-state index in [2.05, 4.69) is 5.32 Å². The van der Waals surface area contributed by atoms with Gasteiger partial charge in [-0.25, -0.2) is 4.79 Å². The summed E-state index contributed by atoms with van der Waals surface area (Å²) in [6, 6.07) is -1.03. The number of rotatable bonds is 4. The van der Waals surface area contributed by atoms with Crippen molar-refractivity contribution in [2.75, 3.05) is 0 Å². The first-order valence-corrected chi connectivity index (χ1v) is 6.35. The van der Waals surface area contributed by atoms with Crippen molar-refractivity contribution in [1.82, 2.24) is 5.32 Å². The van der Waals surface area contributed by atoms with Gasteiger partial charge < -0.3 is 10.4 Å². The Morgan fingerprint density at radius 1 is 1.37 bits per heavy atom. The molecular formula is C12H18F3NO3. The Hall–Kier alpha value is -1.27. The van der Waals surface area contributed by atoms with Crippen molar-refractivity contribution < 1.29 is 27.9 Å². The van der Waals surface area contributed by atoms with E-state index in [1.54, 1.807) is 6.92 Å². The molecular weight excluding hydrogens is 263 g/mol. The van der Waals surface area contributed by atoms with Crippen molar-refractivity contribution in [2.45, 2.75) is 51.2 Å². The third-order valence-corrected chi connectivity index (χ3v) is 3.53. The number of hydrogen-bond donors (Lipinski definition) is 2. The molecule has 1 fully saturated rings. The summed E-state index contributed by atoms with van der Waals surface area (Å²) in [5.74, 6) is -3.95. The van der Waals surface area contributed by atoms with Gasteiger partial charge in [0.2, 0.25) is 5.91 Å². The van der Waals surface area contributed by atoms with Crippen LogP contribution in [0.15, 0.2) is 0 Å². The van der Waals surface area contributed by atoms with Crippen LogP contribution in [0.3, 0.4) is 0 Å². The topological polar surface area (TPSA) is 66.4 Å². The van der Waals surface area contributed by atoms with Crippen LogP contribution in [0.5, 0.6) is 0 Å². The van der Waals surface area contributed by atoms with Crippen molar-refractivity contribution in [2.24, 2.45) is 11.8 Å². The standard InChI is InChI=1S/C12H18F3NO3/c1-2-9(11(18)19)16-10(17)7-4-3-5-8(6-7)12(13,14)15/h7-9H,2-6H2,1H3,(H,16,17)(H,18,19)/t7?,8?,9-/m1/s1. The molecule has 1 aliphatic rings. The van der Waals surface area contributed by atoms with Crippen molar-refractivity contribution in [3.8, 4) is 0 Å². The number of halogens is 3. The van der Waals surface area contributed by atoms with Gasteiger partial charge in [-0.3, -0.25) is 4.79 Å². The second-order valence-corrected chi connectivity index (χ2v) is 4.91. The van der Waals surface area contributed by atoms with Gasteiger partial charge in [0.1, 0.15) is 6.04 Å². The molecule has 0 radical (unpaired) electrons. The highest BCUT2D eigenvalue weighted by Crippen LogP contribution is 2.39. The molecule has 1 aliphatic carbocycles. The Labute approximate surface area is 109 Å². The summed E-state index contributed by atoms with van der Waals surface area (Å²) in [6.07, 6.45) is -3.55. The SMILES string of the molecule is CC[C@@H](NC(=O)C1CCCC(C(F)(F)F)C1)C(=O)O. The lowest BCUT2D eigenvalue weighted by Crippen LogP contribution is -2.45. The van der Waals surface area contributed by atoms with Crippen molar-refractivity contribution in [1.29, 1.82) is 0 Å². The van der Waals surface area contributed by atoms with Crippen LogP contribution in [-0.2, 0) is 9.59 Å². The predicted octanol–water partition coefficient (Wildman–Crippen LogP) is 2.33. The molecule has 0 aromatic heterocycles. The molecule has 0 heterocycles. The molecule has 2 N–H and O–H groups in total. The normalized spacial score (nSPS) is 25.7. The minimum atomic E-state index is -4.28. The molecule has 2 unspecified atom stereocenters. The quantitative estimate of drug-likeness (QED) is 0.831. The molecule has 0 spiro atoms. The van der Waals surface area contributed by atoms with E-state index in [1.165, 1.54) is 0 Å². The van der Waals surface area contributed by atoms with E-state index in [1.807, 2.05) is 0 Å². The maximum Gasteiger partial charge on any atom is 0.391 e. The highest BCUT2D eigenvalue weighted by atomic mass is 19.4. The minimum absolute atomic E-state index is 0.0451. The summed E-state index contributed by atoms with van der Waals surface area (Å²) < 4.78 is 37.8. The minimum Gasteiger partial charge on any atom is -0.480 e. The summed E-state index contributed by atoms with van der Waals surface area (Å²) in [5.41, 5.74) is 0. The number of aliphatic carboxylic acids is 1. The van der Waals surface area contributed by atoms with Gasteiger partial charge in [-0.05, 0) is 25.7 Å². The Morgan fingerprint density at radius 2 is 2.00 bits per heavy atom. The number of amides is 1. The second kappa shape index (κ2) is 6.25. The Morgan fingerprint density at radius 3 is 2.47 bits per heavy atom. The molecule has 7 heteroatoms. The summed E-state index contributed by atoms with van der Waals surface area (Å²) in [4.78, 5) is 22.6. The molecule has 110 valence electrons. The van der Waals surface area contributed by atoms with Gasteiger partial charge in [0.05, 0.1) is 5.92 Å². The number of carbonyl (C=O) groups is 2. The maximum atomic E-state index is 12.6. The van der Waals surface area contributed by atoms with Gasteiger partial charge >= 0.3 is 12.1 Å². The van der Waals surface area contributed by atoms with E-state index in [9.17, 15) is 22.8 Å². The average molecular weight is 281 g/mol. The fraction of sp³-hybridized carbons (Fsp3) is 0.833. The van der Waals surface area contributed by atoms with E-state index in [0.717, 1.165) is 0 Å². The molecule has 1 amide bonds. The molecule has 0 aliphatic heterocycles. The van der Waals surface area contributed by atoms with Gasteiger partial charge in [-0.15, -0.1) is 0 Å². The second-order valence-electron chi connectivity index (χ2n) is 4.91. The van der Waals surface area contributed by atoms with Gasteiger partial charge in [0.25, 0.3) is 0 Å². The molecule has 0 saturated heterocycles. The number of carbonyl (C=O) groups excluding carboxylic acids is 1. The number of alkyl halides is 3. The van der Waals surface area contributed by atoms with E-state index >= 15 is 0 Å². The lowest BCUT2D eigenvalue weighted by atomic mass is 9.80. The average Bonchev–Trinajstić information content (AvgIpc) is 2.34. The van der Waals surface area contributed by atoms with Crippen LogP contribution in [0.25, 0.3) is 0 Å². The fourth-order valence-electron chi connectivity index (χ4n) is 2.35. The smallest absolute Gasteiger partial charge is 0.391 e. The van der Waals surface area contributed by atoms with E-state index in [-0.39, 0.29) is 19.3 Å². The monoisotopic (exact) mass is 281 g/mol. The molecule has 0 aromatic rings. The van der Waals surface area contributed by atoms with Crippen LogP contribution < -0.4 is 5.32 Å². The first kappa shape index (κ1) is 15.8. The molecule has 0 aromatic carbocycles. The van der Waals surface area contributed by atoms with Crippen LogP contribution in [0.4, 0.5) is 13.2 Å². The van der Waals surface area contributed by atoms with E-state index in [4.69, 9.17) is 5.11 Å². The zero-order chi connectivity index (χ0) is 14.6. The molecule has 1 saturated carbocycles. The third kappa shape index (κ3) is 4.40. The van der Waals surface area contributed by atoms with E-state index in [0.29, 0.717) is 12.8 Å². The van der Waals surface area contributed by atoms with Crippen LogP contribution in [0, 0.1) is 11.8 Å². The zero-order valence-corrected chi connectivity index (χ0v) is 10.7. The lowest BCUT2D eigenvalue weighted by molar-refractivity contribution is -0.186. The largest absolute Gasteiger partial charge is 0.480 e. The lowest BCUT2D eigenvalue weighted by Gasteiger charge is -2.30. The van der Waals surface area contributed by atoms with Crippen LogP contribution in [0.1, 0.15) is 39.0 Å². The Kier molecular flexibility index (Phi) is 5.20. The summed E-state index contributed by atoms with van der Waals surface area (Å²) >= 11 is 0. The van der Waals surface area contributed by atoms with Crippen molar-refractivity contribution in [3.63, 3.8) is 0 Å². The number of hydrogen-bond acceptors (Lipinski definition) is 2.